The number of likely N-dealkylation sites (N-methyl/N-ethyl adjacent to an activating group) is 1. The molecule has 1 saturated heterocycles. The summed E-state index contributed by atoms with van der Waals surface area (Å²) in [6, 6.07) is 0. The first-order valence-corrected chi connectivity index (χ1v) is 5.03. The van der Waals surface area contributed by atoms with Crippen LogP contribution in [0.2, 0.25) is 0 Å². The minimum absolute atomic E-state index is 0.307. The molecular formula is C10H17N3O. The van der Waals surface area contributed by atoms with Gasteiger partial charge in [-0.05, 0) is 14.0 Å². The van der Waals surface area contributed by atoms with Gasteiger partial charge in [-0.3, -0.25) is 0 Å². The molecule has 78 valence electrons. The highest BCUT2D eigenvalue weighted by molar-refractivity contribution is 4.89. The van der Waals surface area contributed by atoms with Crippen LogP contribution in [-0.2, 0) is 11.3 Å². The average Bonchev–Trinajstić information content (AvgIpc) is 2.52. The highest BCUT2D eigenvalue weighted by Gasteiger charge is 2.18. The molecule has 1 fully saturated rings. The quantitative estimate of drug-likeness (QED) is 0.689. The van der Waals surface area contributed by atoms with Crippen LogP contribution in [-0.4, -0.2) is 47.3 Å². The summed E-state index contributed by atoms with van der Waals surface area (Å²) in [7, 11) is 2.14. The summed E-state index contributed by atoms with van der Waals surface area (Å²) in [5.41, 5.74) is 0. The predicted molar refractivity (Wildman–Crippen MR) is 54.2 cm³/mol. The van der Waals surface area contributed by atoms with Gasteiger partial charge in [-0.1, -0.05) is 0 Å². The van der Waals surface area contributed by atoms with E-state index < -0.39 is 0 Å². The van der Waals surface area contributed by atoms with Crippen molar-refractivity contribution in [3.63, 3.8) is 0 Å². The summed E-state index contributed by atoms with van der Waals surface area (Å²) in [6.45, 7) is 5.83. The van der Waals surface area contributed by atoms with Gasteiger partial charge in [-0.25, -0.2) is 4.98 Å². The van der Waals surface area contributed by atoms with Crippen LogP contribution in [0.3, 0.4) is 0 Å². The molecule has 1 atom stereocenters. The van der Waals surface area contributed by atoms with Crippen LogP contribution < -0.4 is 0 Å². The lowest BCUT2D eigenvalue weighted by atomic mass is 10.3. The Bertz CT molecular complexity index is 297. The minimum atomic E-state index is 0.307. The maximum Gasteiger partial charge on any atom is 0.105 e. The Kier molecular flexibility index (Phi) is 2.84. The van der Waals surface area contributed by atoms with Crippen LogP contribution in [0, 0.1) is 6.92 Å². The molecule has 4 nitrogen and oxygen atoms in total. The van der Waals surface area contributed by atoms with Gasteiger partial charge in [0.05, 0.1) is 19.3 Å². The highest BCUT2D eigenvalue weighted by atomic mass is 16.5. The van der Waals surface area contributed by atoms with Crippen LogP contribution in [0.15, 0.2) is 12.4 Å². The molecule has 0 N–H and O–H groups in total. The van der Waals surface area contributed by atoms with Crippen molar-refractivity contribution in [2.45, 2.75) is 19.6 Å². The molecule has 0 aromatic carbocycles. The van der Waals surface area contributed by atoms with E-state index in [-0.39, 0.29) is 0 Å². The van der Waals surface area contributed by atoms with Crippen molar-refractivity contribution < 1.29 is 4.74 Å². The molecule has 0 aliphatic carbocycles. The summed E-state index contributed by atoms with van der Waals surface area (Å²) in [5, 5.41) is 0. The molecule has 2 rings (SSSR count). The second kappa shape index (κ2) is 4.11. The van der Waals surface area contributed by atoms with Gasteiger partial charge in [-0.2, -0.15) is 0 Å². The molecule has 1 aromatic rings. The molecule has 0 amide bonds. The van der Waals surface area contributed by atoms with E-state index in [9.17, 15) is 0 Å². The lowest BCUT2D eigenvalue weighted by Crippen LogP contribution is -2.42. The summed E-state index contributed by atoms with van der Waals surface area (Å²) in [6.07, 6.45) is 4.15. The third-order valence-corrected chi connectivity index (χ3v) is 2.67. The number of nitrogens with zero attached hydrogens (tertiary/aromatic N) is 3. The second-order valence-corrected chi connectivity index (χ2v) is 3.88. The molecule has 1 aliphatic rings. The monoisotopic (exact) mass is 195 g/mol. The molecular weight excluding hydrogens is 178 g/mol. The lowest BCUT2D eigenvalue weighted by molar-refractivity contribution is -0.0277. The lowest BCUT2D eigenvalue weighted by Gasteiger charge is -2.30. The van der Waals surface area contributed by atoms with Crippen molar-refractivity contribution in [1.82, 2.24) is 14.5 Å². The van der Waals surface area contributed by atoms with Gasteiger partial charge in [0.2, 0.25) is 0 Å². The van der Waals surface area contributed by atoms with Crippen molar-refractivity contribution >= 4 is 0 Å². The third-order valence-electron chi connectivity index (χ3n) is 2.67. The van der Waals surface area contributed by atoms with E-state index >= 15 is 0 Å². The first kappa shape index (κ1) is 9.68. The van der Waals surface area contributed by atoms with E-state index in [2.05, 4.69) is 21.5 Å². The van der Waals surface area contributed by atoms with Crippen molar-refractivity contribution in [2.75, 3.05) is 26.7 Å². The van der Waals surface area contributed by atoms with Crippen molar-refractivity contribution in [1.29, 1.82) is 0 Å². The molecule has 1 unspecified atom stereocenters. The normalized spacial score (nSPS) is 24.0. The standard InChI is InChI=1S/C10H17N3O/c1-9-11-3-4-13(9)8-10-7-12(2)5-6-14-10/h3-4,10H,5-8H2,1-2H3. The van der Waals surface area contributed by atoms with Gasteiger partial charge >= 0.3 is 0 Å². The van der Waals surface area contributed by atoms with Crippen LogP contribution in [0.4, 0.5) is 0 Å². The fourth-order valence-electron chi connectivity index (χ4n) is 1.79. The summed E-state index contributed by atoms with van der Waals surface area (Å²) in [4.78, 5) is 6.50. The van der Waals surface area contributed by atoms with E-state index in [1.165, 1.54) is 0 Å². The number of aryl methyl sites for hydroxylation is 1. The van der Waals surface area contributed by atoms with E-state index in [1.54, 1.807) is 0 Å². The highest BCUT2D eigenvalue weighted by Crippen LogP contribution is 2.07. The summed E-state index contributed by atoms with van der Waals surface area (Å²) in [5.74, 6) is 1.06. The van der Waals surface area contributed by atoms with Crippen LogP contribution in [0.5, 0.6) is 0 Å². The van der Waals surface area contributed by atoms with E-state index in [4.69, 9.17) is 4.74 Å². The Hall–Kier alpha value is -0.870. The van der Waals surface area contributed by atoms with Gasteiger partial charge in [0.25, 0.3) is 0 Å². The van der Waals surface area contributed by atoms with Gasteiger partial charge in [0.15, 0.2) is 0 Å². The minimum Gasteiger partial charge on any atom is -0.374 e. The fraction of sp³-hybridized carbons (Fsp3) is 0.700. The summed E-state index contributed by atoms with van der Waals surface area (Å²) >= 11 is 0. The molecule has 1 aromatic heterocycles. The number of morpholine rings is 1. The number of imidazole rings is 1. The molecule has 0 radical (unpaired) electrons. The van der Waals surface area contributed by atoms with Gasteiger partial charge in [-0.15, -0.1) is 0 Å². The van der Waals surface area contributed by atoms with Gasteiger partial charge in [0.1, 0.15) is 5.82 Å². The van der Waals surface area contributed by atoms with Crippen LogP contribution >= 0.6 is 0 Å². The van der Waals surface area contributed by atoms with Gasteiger partial charge < -0.3 is 14.2 Å². The largest absolute Gasteiger partial charge is 0.374 e. The van der Waals surface area contributed by atoms with Crippen molar-refractivity contribution in [2.24, 2.45) is 0 Å². The third kappa shape index (κ3) is 2.13. The number of rotatable bonds is 2. The molecule has 0 bridgehead atoms. The predicted octanol–water partition coefficient (Wildman–Crippen LogP) is 0.522. The Labute approximate surface area is 84.5 Å². The zero-order chi connectivity index (χ0) is 9.97. The zero-order valence-electron chi connectivity index (χ0n) is 8.81. The first-order valence-electron chi connectivity index (χ1n) is 5.03. The number of hydrogen-bond acceptors (Lipinski definition) is 3. The molecule has 0 saturated carbocycles. The second-order valence-electron chi connectivity index (χ2n) is 3.88. The Balaban J connectivity index is 1.94. The average molecular weight is 195 g/mol. The SMILES string of the molecule is Cc1nccn1CC1CN(C)CCO1. The van der Waals surface area contributed by atoms with E-state index in [0.717, 1.165) is 32.1 Å². The van der Waals surface area contributed by atoms with Crippen LogP contribution in [0.25, 0.3) is 0 Å². The summed E-state index contributed by atoms with van der Waals surface area (Å²) < 4.78 is 7.83. The molecule has 2 heterocycles. The van der Waals surface area contributed by atoms with E-state index in [0.29, 0.717) is 6.10 Å². The zero-order valence-corrected chi connectivity index (χ0v) is 8.81. The fourth-order valence-corrected chi connectivity index (χ4v) is 1.79. The van der Waals surface area contributed by atoms with Gasteiger partial charge in [0, 0.05) is 25.5 Å². The van der Waals surface area contributed by atoms with Crippen LogP contribution in [0.1, 0.15) is 5.82 Å². The maximum absolute atomic E-state index is 5.69. The maximum atomic E-state index is 5.69. The number of ether oxygens (including phenoxy) is 1. The molecule has 14 heavy (non-hydrogen) atoms. The Morgan fingerprint density at radius 3 is 3.14 bits per heavy atom. The first-order chi connectivity index (χ1) is 6.75. The van der Waals surface area contributed by atoms with E-state index in [1.807, 2.05) is 19.3 Å². The Morgan fingerprint density at radius 1 is 1.64 bits per heavy atom. The van der Waals surface area contributed by atoms with Crippen molar-refractivity contribution in [3.8, 4) is 0 Å². The molecule has 1 aliphatic heterocycles. The molecule has 0 spiro atoms. The number of aromatic nitrogens is 2. The topological polar surface area (TPSA) is 30.3 Å². The number of hydrogen-bond donors (Lipinski definition) is 0. The van der Waals surface area contributed by atoms with Crippen molar-refractivity contribution in [3.05, 3.63) is 18.2 Å². The Morgan fingerprint density at radius 2 is 2.50 bits per heavy atom. The smallest absolute Gasteiger partial charge is 0.105 e. The molecule has 4 heteroatoms.